The molecule has 196 valence electrons. The second-order valence-corrected chi connectivity index (χ2v) is 9.98. The summed E-state index contributed by atoms with van der Waals surface area (Å²) in [5, 5.41) is 0. The van der Waals surface area contributed by atoms with Gasteiger partial charge in [-0.3, -0.25) is 0 Å². The molecule has 0 aromatic carbocycles. The molecule has 36 heavy (non-hydrogen) atoms. The van der Waals surface area contributed by atoms with Crippen molar-refractivity contribution in [1.82, 2.24) is 15.0 Å². The van der Waals surface area contributed by atoms with Crippen LogP contribution in [0.5, 0.6) is 11.6 Å². The average Bonchev–Trinajstić information content (AvgIpc) is 3.43. The number of rotatable bonds is 15. The van der Waals surface area contributed by atoms with E-state index in [1.54, 1.807) is 31.3 Å². The van der Waals surface area contributed by atoms with Crippen molar-refractivity contribution >= 4 is 23.4 Å². The van der Waals surface area contributed by atoms with E-state index in [9.17, 15) is 0 Å². The van der Waals surface area contributed by atoms with Gasteiger partial charge >= 0.3 is 0 Å². The molecule has 1 aliphatic rings. The standard InChI is InChI=1S/C28H41N5O2S/c1-6-22(7-2)19-33(28-29-17-24(18-30-28)35-15-16-36-5)21-25-26(13-14-27(31-25)34-4)32(8-3)20-23-11-9-10-12-23/h6-7,13-14,17-18,23H,1,8-12,15-16,19-21H2,2-5H3/b22-7+. The van der Waals surface area contributed by atoms with Gasteiger partial charge in [0.2, 0.25) is 11.8 Å². The molecule has 0 radical (unpaired) electrons. The normalized spacial score (nSPS) is 14.1. The number of ether oxygens (including phenoxy) is 2. The van der Waals surface area contributed by atoms with Crippen LogP contribution in [-0.4, -0.2) is 60.3 Å². The van der Waals surface area contributed by atoms with Gasteiger partial charge in [-0.1, -0.05) is 31.6 Å². The third kappa shape index (κ3) is 7.88. The largest absolute Gasteiger partial charge is 0.489 e. The number of pyridine rings is 1. The molecule has 2 heterocycles. The van der Waals surface area contributed by atoms with Crippen LogP contribution in [0.4, 0.5) is 11.6 Å². The zero-order valence-corrected chi connectivity index (χ0v) is 23.1. The van der Waals surface area contributed by atoms with Gasteiger partial charge in [0.25, 0.3) is 0 Å². The molecule has 0 aliphatic heterocycles. The van der Waals surface area contributed by atoms with Gasteiger partial charge in [0.15, 0.2) is 5.75 Å². The van der Waals surface area contributed by atoms with Crippen molar-refractivity contribution in [2.75, 3.05) is 55.2 Å². The van der Waals surface area contributed by atoms with Crippen LogP contribution in [0.15, 0.2) is 48.8 Å². The van der Waals surface area contributed by atoms with Gasteiger partial charge in [-0.05, 0) is 50.5 Å². The first kappa shape index (κ1) is 27.8. The van der Waals surface area contributed by atoms with Crippen LogP contribution in [0.3, 0.4) is 0 Å². The third-order valence-corrected chi connectivity index (χ3v) is 7.18. The minimum Gasteiger partial charge on any atom is -0.489 e. The highest BCUT2D eigenvalue weighted by atomic mass is 32.2. The summed E-state index contributed by atoms with van der Waals surface area (Å²) in [6.45, 7) is 12.0. The fourth-order valence-corrected chi connectivity index (χ4v) is 4.81. The van der Waals surface area contributed by atoms with E-state index in [-0.39, 0.29) is 0 Å². The van der Waals surface area contributed by atoms with Crippen LogP contribution < -0.4 is 19.3 Å². The lowest BCUT2D eigenvalue weighted by Crippen LogP contribution is -2.32. The van der Waals surface area contributed by atoms with Crippen molar-refractivity contribution in [3.05, 3.63) is 54.5 Å². The Bertz CT molecular complexity index is 976. The Kier molecular flexibility index (Phi) is 11.4. The highest BCUT2D eigenvalue weighted by molar-refractivity contribution is 7.98. The van der Waals surface area contributed by atoms with Crippen molar-refractivity contribution < 1.29 is 9.47 Å². The molecule has 2 aromatic heterocycles. The predicted octanol–water partition coefficient (Wildman–Crippen LogP) is 5.78. The second kappa shape index (κ2) is 14.7. The van der Waals surface area contributed by atoms with Gasteiger partial charge in [-0.2, -0.15) is 11.8 Å². The molecule has 0 atom stereocenters. The van der Waals surface area contributed by atoms with Crippen LogP contribution in [-0.2, 0) is 6.54 Å². The Morgan fingerprint density at radius 2 is 1.94 bits per heavy atom. The van der Waals surface area contributed by atoms with Crippen molar-refractivity contribution in [2.24, 2.45) is 5.92 Å². The Morgan fingerprint density at radius 3 is 2.56 bits per heavy atom. The topological polar surface area (TPSA) is 63.6 Å². The Morgan fingerprint density at radius 1 is 1.19 bits per heavy atom. The van der Waals surface area contributed by atoms with E-state index in [1.165, 1.54) is 25.7 Å². The molecule has 1 saturated carbocycles. The number of methoxy groups -OCH3 is 1. The molecule has 0 bridgehead atoms. The van der Waals surface area contributed by atoms with E-state index in [4.69, 9.17) is 14.5 Å². The summed E-state index contributed by atoms with van der Waals surface area (Å²) in [6, 6.07) is 4.10. The van der Waals surface area contributed by atoms with E-state index in [2.05, 4.69) is 51.7 Å². The van der Waals surface area contributed by atoms with E-state index in [1.807, 2.05) is 19.1 Å². The number of nitrogens with zero attached hydrogens (tertiary/aromatic N) is 5. The molecule has 0 N–H and O–H groups in total. The quantitative estimate of drug-likeness (QED) is 0.220. The van der Waals surface area contributed by atoms with Crippen molar-refractivity contribution in [1.29, 1.82) is 0 Å². The predicted molar refractivity (Wildman–Crippen MR) is 152 cm³/mol. The second-order valence-electron chi connectivity index (χ2n) is 8.99. The number of aromatic nitrogens is 3. The number of hydrogen-bond donors (Lipinski definition) is 0. The molecule has 8 heteroatoms. The number of allylic oxidation sites excluding steroid dienone is 1. The smallest absolute Gasteiger partial charge is 0.226 e. The maximum Gasteiger partial charge on any atom is 0.226 e. The van der Waals surface area contributed by atoms with Crippen LogP contribution in [0.25, 0.3) is 0 Å². The van der Waals surface area contributed by atoms with Gasteiger partial charge in [0, 0.05) is 31.5 Å². The molecule has 0 spiro atoms. The molecule has 7 nitrogen and oxygen atoms in total. The summed E-state index contributed by atoms with van der Waals surface area (Å²) in [5.41, 5.74) is 3.20. The zero-order chi connectivity index (χ0) is 25.8. The summed E-state index contributed by atoms with van der Waals surface area (Å²) in [4.78, 5) is 18.8. The van der Waals surface area contributed by atoms with Gasteiger partial charge in [-0.15, -0.1) is 0 Å². The van der Waals surface area contributed by atoms with Crippen LogP contribution >= 0.6 is 11.8 Å². The SMILES string of the molecule is C=C/C(=C\C)CN(Cc1nc(OC)ccc1N(CC)CC1CCCC1)c1ncc(OCCSC)cn1. The van der Waals surface area contributed by atoms with Gasteiger partial charge < -0.3 is 19.3 Å². The molecular formula is C28H41N5O2S. The first-order valence-electron chi connectivity index (χ1n) is 12.9. The fraction of sp³-hybridized carbons (Fsp3) is 0.536. The molecule has 0 amide bonds. The van der Waals surface area contributed by atoms with Crippen LogP contribution in [0.2, 0.25) is 0 Å². The zero-order valence-electron chi connectivity index (χ0n) is 22.3. The molecule has 1 fully saturated rings. The van der Waals surface area contributed by atoms with Gasteiger partial charge in [0.05, 0.1) is 44.0 Å². The summed E-state index contributed by atoms with van der Waals surface area (Å²) >= 11 is 1.75. The number of hydrogen-bond acceptors (Lipinski definition) is 8. The molecular weight excluding hydrogens is 470 g/mol. The van der Waals surface area contributed by atoms with E-state index in [0.29, 0.717) is 37.3 Å². The minimum absolute atomic E-state index is 0.547. The van der Waals surface area contributed by atoms with Crippen LogP contribution in [0, 0.1) is 5.92 Å². The lowest BCUT2D eigenvalue weighted by molar-refractivity contribution is 0.341. The maximum atomic E-state index is 5.75. The Hall–Kier alpha value is -2.74. The van der Waals surface area contributed by atoms with E-state index >= 15 is 0 Å². The summed E-state index contributed by atoms with van der Waals surface area (Å²) in [5.74, 6) is 3.59. The minimum atomic E-state index is 0.547. The van der Waals surface area contributed by atoms with Crippen molar-refractivity contribution in [3.8, 4) is 11.6 Å². The lowest BCUT2D eigenvalue weighted by atomic mass is 10.1. The highest BCUT2D eigenvalue weighted by Crippen LogP contribution is 2.30. The van der Waals surface area contributed by atoms with Crippen LogP contribution in [0.1, 0.15) is 45.2 Å². The Labute approximate surface area is 221 Å². The van der Waals surface area contributed by atoms with E-state index < -0.39 is 0 Å². The maximum absolute atomic E-state index is 5.75. The summed E-state index contributed by atoms with van der Waals surface area (Å²) in [7, 11) is 1.66. The number of anilines is 2. The monoisotopic (exact) mass is 511 g/mol. The molecule has 0 unspecified atom stereocenters. The fourth-order valence-electron chi connectivity index (χ4n) is 4.56. The van der Waals surface area contributed by atoms with E-state index in [0.717, 1.165) is 41.7 Å². The van der Waals surface area contributed by atoms with Gasteiger partial charge in [-0.25, -0.2) is 15.0 Å². The van der Waals surface area contributed by atoms with Crippen molar-refractivity contribution in [2.45, 2.75) is 46.1 Å². The Balaban J connectivity index is 1.90. The van der Waals surface area contributed by atoms with Crippen molar-refractivity contribution in [3.63, 3.8) is 0 Å². The molecule has 1 aliphatic carbocycles. The third-order valence-electron chi connectivity index (χ3n) is 6.61. The number of thioether (sulfide) groups is 1. The molecule has 3 rings (SSSR count). The highest BCUT2D eigenvalue weighted by Gasteiger charge is 2.22. The summed E-state index contributed by atoms with van der Waals surface area (Å²) < 4.78 is 11.3. The summed E-state index contributed by atoms with van der Waals surface area (Å²) in [6.07, 6.45) is 14.8. The average molecular weight is 512 g/mol. The molecule has 2 aromatic rings. The first-order valence-corrected chi connectivity index (χ1v) is 14.3. The van der Waals surface area contributed by atoms with Gasteiger partial charge in [0.1, 0.15) is 0 Å². The molecule has 0 saturated heterocycles. The first-order chi connectivity index (χ1) is 17.6. The lowest BCUT2D eigenvalue weighted by Gasteiger charge is -2.30.